The van der Waals surface area contributed by atoms with Gasteiger partial charge in [-0.1, -0.05) is 12.1 Å². The summed E-state index contributed by atoms with van der Waals surface area (Å²) in [6.45, 7) is 4.26. The first-order chi connectivity index (χ1) is 12.4. The summed E-state index contributed by atoms with van der Waals surface area (Å²) in [7, 11) is 4.14. The van der Waals surface area contributed by atoms with Gasteiger partial charge in [-0.2, -0.15) is 5.10 Å². The van der Waals surface area contributed by atoms with Crippen molar-refractivity contribution in [2.45, 2.75) is 32.4 Å². The summed E-state index contributed by atoms with van der Waals surface area (Å²) in [5.41, 5.74) is 3.35. The molecule has 0 spiro atoms. The highest BCUT2D eigenvalue weighted by atomic mass is 16.4. The second-order valence-corrected chi connectivity index (χ2v) is 7.56. The van der Waals surface area contributed by atoms with E-state index in [1.807, 2.05) is 29.2 Å². The zero-order valence-electron chi connectivity index (χ0n) is 15.8. The third-order valence-corrected chi connectivity index (χ3v) is 5.18. The van der Waals surface area contributed by atoms with E-state index < -0.39 is 5.97 Å². The summed E-state index contributed by atoms with van der Waals surface area (Å²) in [5.74, 6) is -0.989. The maximum absolute atomic E-state index is 11.5. The maximum atomic E-state index is 11.5. The lowest BCUT2D eigenvalue weighted by molar-refractivity contribution is -0.142. The molecule has 2 heterocycles. The minimum Gasteiger partial charge on any atom is -0.481 e. The first-order valence-corrected chi connectivity index (χ1v) is 9.14. The number of hydrogen-bond acceptors (Lipinski definition) is 4. The molecule has 1 N–H and O–H groups in total. The predicted molar refractivity (Wildman–Crippen MR) is 101 cm³/mol. The number of aliphatic carboxylic acids is 1. The number of carbonyl (C=O) groups is 1. The number of hydrogen-bond donors (Lipinski definition) is 1. The lowest BCUT2D eigenvalue weighted by atomic mass is 10.0. The van der Waals surface area contributed by atoms with Crippen molar-refractivity contribution in [3.05, 3.63) is 47.8 Å². The molecule has 6 heteroatoms. The number of carboxylic acids is 1. The number of aryl methyl sites for hydroxylation is 1. The van der Waals surface area contributed by atoms with Gasteiger partial charge >= 0.3 is 5.97 Å². The fraction of sp³-hybridized carbons (Fsp3) is 0.500. The second-order valence-electron chi connectivity index (χ2n) is 7.56. The summed E-state index contributed by atoms with van der Waals surface area (Å²) < 4.78 is 1.89. The monoisotopic (exact) mass is 356 g/mol. The Bertz CT molecular complexity index is 756. The van der Waals surface area contributed by atoms with E-state index in [0.29, 0.717) is 12.6 Å². The third-order valence-electron chi connectivity index (χ3n) is 5.18. The fourth-order valence-electron chi connectivity index (χ4n) is 3.62. The lowest BCUT2D eigenvalue weighted by Gasteiger charge is -2.28. The van der Waals surface area contributed by atoms with E-state index in [-0.39, 0.29) is 5.92 Å². The van der Waals surface area contributed by atoms with Gasteiger partial charge in [0, 0.05) is 37.4 Å². The van der Waals surface area contributed by atoms with E-state index in [0.717, 1.165) is 37.2 Å². The van der Waals surface area contributed by atoms with Gasteiger partial charge in [0.15, 0.2) is 0 Å². The van der Waals surface area contributed by atoms with Crippen molar-refractivity contribution < 1.29 is 9.90 Å². The molecule has 3 rings (SSSR count). The number of likely N-dealkylation sites (tertiary alicyclic amines) is 1. The van der Waals surface area contributed by atoms with Gasteiger partial charge in [-0.15, -0.1) is 0 Å². The topological polar surface area (TPSA) is 61.6 Å². The Labute approximate surface area is 155 Å². The number of nitrogens with zero attached hydrogens (tertiary/aromatic N) is 4. The zero-order chi connectivity index (χ0) is 18.7. The lowest BCUT2D eigenvalue weighted by Crippen LogP contribution is -2.39. The van der Waals surface area contributed by atoms with E-state index in [9.17, 15) is 9.90 Å². The summed E-state index contributed by atoms with van der Waals surface area (Å²) in [6, 6.07) is 8.62. The van der Waals surface area contributed by atoms with E-state index in [1.165, 1.54) is 5.56 Å². The molecule has 1 aliphatic rings. The molecular weight excluding hydrogens is 328 g/mol. The Morgan fingerprint density at radius 2 is 2.12 bits per heavy atom. The van der Waals surface area contributed by atoms with Crippen LogP contribution >= 0.6 is 0 Å². The van der Waals surface area contributed by atoms with Crippen LogP contribution in [0.5, 0.6) is 0 Å². The van der Waals surface area contributed by atoms with Crippen molar-refractivity contribution >= 4 is 5.97 Å². The van der Waals surface area contributed by atoms with Gasteiger partial charge in [-0.3, -0.25) is 9.69 Å². The Hall–Kier alpha value is -2.18. The largest absolute Gasteiger partial charge is 0.481 e. The van der Waals surface area contributed by atoms with Crippen LogP contribution in [0.1, 0.15) is 24.0 Å². The first kappa shape index (κ1) is 18.6. The van der Waals surface area contributed by atoms with Crippen LogP contribution in [-0.4, -0.2) is 63.9 Å². The molecule has 0 aliphatic carbocycles. The molecule has 1 saturated heterocycles. The maximum Gasteiger partial charge on any atom is 0.307 e. The third kappa shape index (κ3) is 4.51. The highest BCUT2D eigenvalue weighted by Gasteiger charge is 2.29. The summed E-state index contributed by atoms with van der Waals surface area (Å²) in [6.07, 6.45) is 5.58. The van der Waals surface area contributed by atoms with Gasteiger partial charge in [0.05, 0.1) is 17.8 Å². The Kier molecular flexibility index (Phi) is 5.74. The predicted octanol–water partition coefficient (Wildman–Crippen LogP) is 2.41. The van der Waals surface area contributed by atoms with Crippen molar-refractivity contribution in [1.82, 2.24) is 19.6 Å². The van der Waals surface area contributed by atoms with Crippen LogP contribution in [0.3, 0.4) is 0 Å². The van der Waals surface area contributed by atoms with E-state index in [2.05, 4.69) is 48.1 Å². The van der Waals surface area contributed by atoms with Crippen molar-refractivity contribution in [3.63, 3.8) is 0 Å². The minimum atomic E-state index is -0.690. The van der Waals surface area contributed by atoms with Crippen LogP contribution in [-0.2, 0) is 11.3 Å². The highest BCUT2D eigenvalue weighted by molar-refractivity contribution is 5.70. The second kappa shape index (κ2) is 8.01. The normalized spacial score (nSPS) is 21.7. The molecule has 0 amide bonds. The quantitative estimate of drug-likeness (QED) is 0.891. The average Bonchev–Trinajstić information content (AvgIpc) is 2.93. The van der Waals surface area contributed by atoms with Crippen molar-refractivity contribution in [2.24, 2.45) is 5.92 Å². The van der Waals surface area contributed by atoms with Gasteiger partial charge in [0.2, 0.25) is 0 Å². The van der Waals surface area contributed by atoms with Crippen LogP contribution in [0.4, 0.5) is 0 Å². The van der Waals surface area contributed by atoms with Gasteiger partial charge in [-0.25, -0.2) is 4.68 Å². The molecule has 1 fully saturated rings. The van der Waals surface area contributed by atoms with Gasteiger partial charge in [0.25, 0.3) is 0 Å². The molecule has 2 aromatic rings. The first-order valence-electron chi connectivity index (χ1n) is 9.14. The summed E-state index contributed by atoms with van der Waals surface area (Å²) in [5, 5.41) is 14.0. The Morgan fingerprint density at radius 3 is 2.81 bits per heavy atom. The van der Waals surface area contributed by atoms with Crippen LogP contribution in [0, 0.1) is 12.8 Å². The molecule has 140 valence electrons. The molecule has 0 bridgehead atoms. The molecule has 1 aromatic carbocycles. The number of benzene rings is 1. The van der Waals surface area contributed by atoms with Crippen molar-refractivity contribution in [2.75, 3.05) is 27.2 Å². The molecular formula is C20H28N4O2. The SMILES string of the molecule is Cc1cccc(-n2cc(CN3C[C@@H](C(=O)O)CC[C@@H](N(C)C)C3)cn2)c1. The fourth-order valence-corrected chi connectivity index (χ4v) is 3.62. The molecule has 1 aliphatic heterocycles. The number of carboxylic acid groups (broad SMARTS) is 1. The standard InChI is InChI=1S/C20H28N4O2/c1-15-5-4-6-18(9-15)24-12-16(10-21-24)11-23-13-17(20(25)26)7-8-19(14-23)22(2)3/h4-6,9-10,12,17,19H,7-8,11,13-14H2,1-3H3,(H,25,26)/t17-,19+/m0/s1. The van der Waals surface area contributed by atoms with E-state index >= 15 is 0 Å². The van der Waals surface area contributed by atoms with Gasteiger partial charge in [-0.05, 0) is 51.6 Å². The molecule has 0 saturated carbocycles. The molecule has 2 atom stereocenters. The van der Waals surface area contributed by atoms with E-state index in [4.69, 9.17) is 0 Å². The molecule has 6 nitrogen and oxygen atoms in total. The highest BCUT2D eigenvalue weighted by Crippen LogP contribution is 2.21. The zero-order valence-corrected chi connectivity index (χ0v) is 15.8. The molecule has 0 radical (unpaired) electrons. The van der Waals surface area contributed by atoms with Crippen LogP contribution in [0.25, 0.3) is 5.69 Å². The van der Waals surface area contributed by atoms with Crippen LogP contribution < -0.4 is 0 Å². The molecule has 1 aromatic heterocycles. The summed E-state index contributed by atoms with van der Waals surface area (Å²) >= 11 is 0. The van der Waals surface area contributed by atoms with Crippen molar-refractivity contribution in [1.29, 1.82) is 0 Å². The van der Waals surface area contributed by atoms with Crippen molar-refractivity contribution in [3.8, 4) is 5.69 Å². The Morgan fingerprint density at radius 1 is 1.31 bits per heavy atom. The van der Waals surface area contributed by atoms with Gasteiger partial charge in [0.1, 0.15) is 0 Å². The van der Waals surface area contributed by atoms with Crippen LogP contribution in [0.2, 0.25) is 0 Å². The minimum absolute atomic E-state index is 0.299. The van der Waals surface area contributed by atoms with Gasteiger partial charge < -0.3 is 10.0 Å². The van der Waals surface area contributed by atoms with Crippen LogP contribution in [0.15, 0.2) is 36.7 Å². The number of aromatic nitrogens is 2. The summed E-state index contributed by atoms with van der Waals surface area (Å²) in [4.78, 5) is 16.0. The smallest absolute Gasteiger partial charge is 0.307 e. The average molecular weight is 356 g/mol. The number of likely N-dealkylation sites (N-methyl/N-ethyl adjacent to an activating group) is 1. The molecule has 0 unspecified atom stereocenters. The molecule has 26 heavy (non-hydrogen) atoms. The Balaban J connectivity index is 1.74. The number of rotatable bonds is 5. The van der Waals surface area contributed by atoms with E-state index in [1.54, 1.807) is 0 Å².